The SMILES string of the molecule is COc1cc(/C=C2\C(=O)NC(=O)N(c3ccc(C(C)C)cc3)C2=O)ccc1O. The van der Waals surface area contributed by atoms with Crippen LogP contribution in [0.15, 0.2) is 48.0 Å². The average Bonchev–Trinajstić information content (AvgIpc) is 2.66. The largest absolute Gasteiger partial charge is 0.504 e. The molecule has 7 heteroatoms. The van der Waals surface area contributed by atoms with E-state index in [1.165, 1.54) is 31.4 Å². The molecule has 144 valence electrons. The van der Waals surface area contributed by atoms with Crippen LogP contribution in [0, 0.1) is 0 Å². The minimum atomic E-state index is -0.798. The number of methoxy groups -OCH3 is 1. The second-order valence-electron chi connectivity index (χ2n) is 6.64. The number of barbiturate groups is 1. The third-order valence-electron chi connectivity index (χ3n) is 4.43. The van der Waals surface area contributed by atoms with Crippen molar-refractivity contribution in [3.8, 4) is 11.5 Å². The second kappa shape index (κ2) is 7.56. The predicted octanol–water partition coefficient (Wildman–Crippen LogP) is 3.19. The Morgan fingerprint density at radius 2 is 1.75 bits per heavy atom. The molecule has 0 spiro atoms. The molecule has 1 aliphatic heterocycles. The Morgan fingerprint density at radius 3 is 2.36 bits per heavy atom. The van der Waals surface area contributed by atoms with Gasteiger partial charge in [0.25, 0.3) is 11.8 Å². The number of hydrogen-bond donors (Lipinski definition) is 2. The lowest BCUT2D eigenvalue weighted by Crippen LogP contribution is -2.54. The first kappa shape index (κ1) is 19.2. The molecular weight excluding hydrogens is 360 g/mol. The van der Waals surface area contributed by atoms with Gasteiger partial charge in [-0.3, -0.25) is 14.9 Å². The Hall–Kier alpha value is -3.61. The number of nitrogens with one attached hydrogen (secondary N) is 1. The number of hydrogen-bond acceptors (Lipinski definition) is 5. The van der Waals surface area contributed by atoms with Crippen molar-refractivity contribution in [3.05, 3.63) is 59.2 Å². The number of carbonyl (C=O) groups excluding carboxylic acids is 3. The molecule has 4 amide bonds. The first-order valence-corrected chi connectivity index (χ1v) is 8.70. The van der Waals surface area contributed by atoms with E-state index in [1.807, 2.05) is 26.0 Å². The maximum Gasteiger partial charge on any atom is 0.335 e. The lowest BCUT2D eigenvalue weighted by atomic mass is 10.0. The van der Waals surface area contributed by atoms with Crippen molar-refractivity contribution in [2.75, 3.05) is 12.0 Å². The van der Waals surface area contributed by atoms with Gasteiger partial charge < -0.3 is 9.84 Å². The highest BCUT2D eigenvalue weighted by Gasteiger charge is 2.36. The first-order chi connectivity index (χ1) is 13.3. The summed E-state index contributed by atoms with van der Waals surface area (Å²) >= 11 is 0. The summed E-state index contributed by atoms with van der Waals surface area (Å²) in [6, 6.07) is 10.6. The molecule has 0 bridgehead atoms. The van der Waals surface area contributed by atoms with E-state index in [0.717, 1.165) is 10.5 Å². The van der Waals surface area contributed by atoms with Gasteiger partial charge in [-0.15, -0.1) is 0 Å². The number of phenolic OH excluding ortho intramolecular Hbond substituents is 1. The van der Waals surface area contributed by atoms with Crippen LogP contribution in [0.3, 0.4) is 0 Å². The van der Waals surface area contributed by atoms with Gasteiger partial charge in [-0.05, 0) is 47.4 Å². The van der Waals surface area contributed by atoms with Crippen LogP contribution in [-0.4, -0.2) is 30.1 Å². The number of urea groups is 1. The minimum absolute atomic E-state index is 0.0638. The monoisotopic (exact) mass is 380 g/mol. The van der Waals surface area contributed by atoms with Gasteiger partial charge in [0.2, 0.25) is 0 Å². The molecule has 1 aliphatic rings. The minimum Gasteiger partial charge on any atom is -0.504 e. The average molecular weight is 380 g/mol. The van der Waals surface area contributed by atoms with E-state index in [9.17, 15) is 19.5 Å². The highest BCUT2D eigenvalue weighted by molar-refractivity contribution is 6.39. The summed E-state index contributed by atoms with van der Waals surface area (Å²) in [5.41, 5.74) is 1.71. The van der Waals surface area contributed by atoms with Crippen LogP contribution in [0.25, 0.3) is 6.08 Å². The highest BCUT2D eigenvalue weighted by Crippen LogP contribution is 2.28. The molecule has 3 rings (SSSR count). The normalized spacial score (nSPS) is 15.9. The number of rotatable bonds is 4. The summed E-state index contributed by atoms with van der Waals surface area (Å²) in [7, 11) is 1.39. The number of phenols is 1. The van der Waals surface area contributed by atoms with Crippen LogP contribution in [0.5, 0.6) is 11.5 Å². The van der Waals surface area contributed by atoms with Crippen molar-refractivity contribution >= 4 is 29.6 Å². The van der Waals surface area contributed by atoms with Crippen molar-refractivity contribution < 1.29 is 24.2 Å². The zero-order valence-corrected chi connectivity index (χ0v) is 15.7. The Morgan fingerprint density at radius 1 is 1.07 bits per heavy atom. The van der Waals surface area contributed by atoms with Crippen molar-refractivity contribution in [1.82, 2.24) is 5.32 Å². The molecule has 0 aromatic heterocycles. The van der Waals surface area contributed by atoms with E-state index >= 15 is 0 Å². The van der Waals surface area contributed by atoms with Gasteiger partial charge in [0.15, 0.2) is 11.5 Å². The van der Waals surface area contributed by atoms with E-state index in [-0.39, 0.29) is 17.1 Å². The Labute approximate surface area is 162 Å². The van der Waals surface area contributed by atoms with E-state index in [4.69, 9.17) is 4.74 Å². The van der Waals surface area contributed by atoms with Crippen LogP contribution in [-0.2, 0) is 9.59 Å². The zero-order chi connectivity index (χ0) is 20.4. The van der Waals surface area contributed by atoms with Crippen LogP contribution >= 0.6 is 0 Å². The standard InChI is InChI=1S/C21H20N2O5/c1-12(2)14-5-7-15(8-6-14)23-20(26)16(19(25)22-21(23)27)10-13-4-9-17(24)18(11-13)28-3/h4-12,24H,1-3H3,(H,22,25,27)/b16-10+. The van der Waals surface area contributed by atoms with Crippen molar-refractivity contribution in [2.45, 2.75) is 19.8 Å². The maximum absolute atomic E-state index is 12.9. The van der Waals surface area contributed by atoms with Gasteiger partial charge >= 0.3 is 6.03 Å². The molecule has 1 saturated heterocycles. The Kier molecular flexibility index (Phi) is 5.17. The van der Waals surface area contributed by atoms with Crippen LogP contribution in [0.2, 0.25) is 0 Å². The van der Waals surface area contributed by atoms with Crippen molar-refractivity contribution in [3.63, 3.8) is 0 Å². The first-order valence-electron chi connectivity index (χ1n) is 8.70. The van der Waals surface area contributed by atoms with Gasteiger partial charge in [0.05, 0.1) is 12.8 Å². The quantitative estimate of drug-likeness (QED) is 0.627. The van der Waals surface area contributed by atoms with Gasteiger partial charge in [0, 0.05) is 0 Å². The molecule has 7 nitrogen and oxygen atoms in total. The van der Waals surface area contributed by atoms with Gasteiger partial charge in [-0.25, -0.2) is 9.69 Å². The Balaban J connectivity index is 1.98. The molecule has 2 N–H and O–H groups in total. The second-order valence-corrected chi connectivity index (χ2v) is 6.64. The number of nitrogens with zero attached hydrogens (tertiary/aromatic N) is 1. The van der Waals surface area contributed by atoms with Crippen molar-refractivity contribution in [2.24, 2.45) is 0 Å². The molecule has 0 radical (unpaired) electrons. The summed E-state index contributed by atoms with van der Waals surface area (Å²) in [6.45, 7) is 4.08. The lowest BCUT2D eigenvalue weighted by Gasteiger charge is -2.26. The van der Waals surface area contributed by atoms with E-state index in [0.29, 0.717) is 17.2 Å². The van der Waals surface area contributed by atoms with Crippen LogP contribution < -0.4 is 15.0 Å². The topological polar surface area (TPSA) is 95.9 Å². The number of anilines is 1. The molecule has 2 aromatic rings. The summed E-state index contributed by atoms with van der Waals surface area (Å²) < 4.78 is 5.04. The molecule has 0 aliphatic carbocycles. The van der Waals surface area contributed by atoms with Crippen LogP contribution in [0.4, 0.5) is 10.5 Å². The Bertz CT molecular complexity index is 977. The zero-order valence-electron chi connectivity index (χ0n) is 15.7. The molecule has 28 heavy (non-hydrogen) atoms. The van der Waals surface area contributed by atoms with Crippen LogP contribution in [0.1, 0.15) is 30.9 Å². The molecule has 1 heterocycles. The third kappa shape index (κ3) is 3.59. The molecular formula is C21H20N2O5. The van der Waals surface area contributed by atoms with Crippen molar-refractivity contribution in [1.29, 1.82) is 0 Å². The molecule has 2 aromatic carbocycles. The predicted molar refractivity (Wildman–Crippen MR) is 104 cm³/mol. The lowest BCUT2D eigenvalue weighted by molar-refractivity contribution is -0.122. The molecule has 1 fully saturated rings. The molecule has 0 unspecified atom stereocenters. The van der Waals surface area contributed by atoms with Gasteiger partial charge in [0.1, 0.15) is 5.57 Å². The van der Waals surface area contributed by atoms with E-state index in [2.05, 4.69) is 5.32 Å². The number of carbonyl (C=O) groups is 3. The fourth-order valence-corrected chi connectivity index (χ4v) is 2.85. The summed E-state index contributed by atoms with van der Waals surface area (Å²) in [4.78, 5) is 38.3. The fraction of sp³-hybridized carbons (Fsp3) is 0.190. The van der Waals surface area contributed by atoms with E-state index in [1.54, 1.807) is 12.1 Å². The highest BCUT2D eigenvalue weighted by atomic mass is 16.5. The molecule has 0 atom stereocenters. The fourth-order valence-electron chi connectivity index (χ4n) is 2.85. The third-order valence-corrected chi connectivity index (χ3v) is 4.43. The number of benzene rings is 2. The molecule has 0 saturated carbocycles. The van der Waals surface area contributed by atoms with Gasteiger partial charge in [-0.2, -0.15) is 0 Å². The summed E-state index contributed by atoms with van der Waals surface area (Å²) in [6.07, 6.45) is 1.35. The maximum atomic E-state index is 12.9. The smallest absolute Gasteiger partial charge is 0.335 e. The number of amides is 4. The number of imide groups is 2. The summed E-state index contributed by atoms with van der Waals surface area (Å²) in [5, 5.41) is 11.9. The van der Waals surface area contributed by atoms with Gasteiger partial charge in [-0.1, -0.05) is 32.0 Å². The number of aromatic hydroxyl groups is 1. The summed E-state index contributed by atoms with van der Waals surface area (Å²) in [5.74, 6) is -1.06. The number of ether oxygens (including phenoxy) is 1. The van der Waals surface area contributed by atoms with E-state index < -0.39 is 17.8 Å².